The zero-order valence-corrected chi connectivity index (χ0v) is 13.2. The van der Waals surface area contributed by atoms with Crippen LogP contribution in [0.15, 0.2) is 18.2 Å². The molecule has 3 N–H and O–H groups in total. The second kappa shape index (κ2) is 7.34. The number of hydrogen-bond acceptors (Lipinski definition) is 3. The number of rotatable bonds is 5. The third kappa shape index (κ3) is 3.90. The Balaban J connectivity index is 2.06. The zero-order chi connectivity index (χ0) is 15.2. The molecule has 1 fully saturated rings. The minimum atomic E-state index is 0.106. The number of nitrogens with zero attached hydrogens (tertiary/aromatic N) is 1. The van der Waals surface area contributed by atoms with Crippen molar-refractivity contribution in [2.75, 3.05) is 24.1 Å². The first-order valence-corrected chi connectivity index (χ1v) is 8.08. The van der Waals surface area contributed by atoms with Crippen molar-refractivity contribution in [2.24, 2.45) is 0 Å². The molecule has 1 aliphatic heterocycles. The quantitative estimate of drug-likeness (QED) is 0.644. The lowest BCUT2D eigenvalue weighted by atomic mass is 10.0. The van der Waals surface area contributed by atoms with Gasteiger partial charge in [0.2, 0.25) is 0 Å². The molecule has 1 heterocycles. The molecule has 1 aromatic carbocycles. The van der Waals surface area contributed by atoms with Gasteiger partial charge in [0.15, 0.2) is 0 Å². The zero-order valence-electron chi connectivity index (χ0n) is 13.2. The van der Waals surface area contributed by atoms with E-state index in [2.05, 4.69) is 19.2 Å². The van der Waals surface area contributed by atoms with Crippen molar-refractivity contribution >= 4 is 17.3 Å². The smallest absolute Gasteiger partial charge is 0.254 e. The van der Waals surface area contributed by atoms with Crippen molar-refractivity contribution in [3.63, 3.8) is 0 Å². The van der Waals surface area contributed by atoms with Gasteiger partial charge in [-0.15, -0.1) is 0 Å². The summed E-state index contributed by atoms with van der Waals surface area (Å²) >= 11 is 0. The molecular formula is C17H27N3O. The summed E-state index contributed by atoms with van der Waals surface area (Å²) in [5.41, 5.74) is 8.35. The predicted octanol–water partition coefficient (Wildman–Crippen LogP) is 3.50. The molecule has 2 rings (SSSR count). The summed E-state index contributed by atoms with van der Waals surface area (Å²) in [4.78, 5) is 14.6. The highest BCUT2D eigenvalue weighted by Crippen LogP contribution is 2.24. The number of carbonyl (C=O) groups is 1. The van der Waals surface area contributed by atoms with E-state index in [0.717, 1.165) is 44.5 Å². The summed E-state index contributed by atoms with van der Waals surface area (Å²) < 4.78 is 0. The normalized spacial score (nSPS) is 18.6. The molecule has 1 aromatic rings. The number of hydrogen-bond donors (Lipinski definition) is 2. The van der Waals surface area contributed by atoms with Crippen molar-refractivity contribution in [3.8, 4) is 0 Å². The Labute approximate surface area is 127 Å². The molecule has 4 heteroatoms. The van der Waals surface area contributed by atoms with Crippen LogP contribution in [0.5, 0.6) is 0 Å². The van der Waals surface area contributed by atoms with E-state index in [0.29, 0.717) is 17.3 Å². The highest BCUT2D eigenvalue weighted by molar-refractivity contribution is 5.96. The summed E-state index contributed by atoms with van der Waals surface area (Å²) in [6, 6.07) is 5.94. The SMILES string of the molecule is CCCCNc1ccc(C(=O)N2CCCC[C@H]2C)cc1N. The molecule has 0 radical (unpaired) electrons. The van der Waals surface area contributed by atoms with E-state index in [1.54, 1.807) is 6.07 Å². The van der Waals surface area contributed by atoms with E-state index in [4.69, 9.17) is 5.73 Å². The van der Waals surface area contributed by atoms with Crippen LogP contribution in [-0.2, 0) is 0 Å². The molecule has 0 saturated carbocycles. The molecule has 21 heavy (non-hydrogen) atoms. The van der Waals surface area contributed by atoms with Gasteiger partial charge in [-0.2, -0.15) is 0 Å². The number of piperidine rings is 1. The lowest BCUT2D eigenvalue weighted by Gasteiger charge is -2.33. The van der Waals surface area contributed by atoms with Crippen LogP contribution >= 0.6 is 0 Å². The largest absolute Gasteiger partial charge is 0.397 e. The van der Waals surface area contributed by atoms with Gasteiger partial charge in [0.25, 0.3) is 5.91 Å². The lowest BCUT2D eigenvalue weighted by molar-refractivity contribution is 0.0635. The summed E-state index contributed by atoms with van der Waals surface area (Å²) in [6.45, 7) is 6.06. The third-order valence-electron chi connectivity index (χ3n) is 4.21. The fourth-order valence-electron chi connectivity index (χ4n) is 2.82. The topological polar surface area (TPSA) is 58.4 Å². The summed E-state index contributed by atoms with van der Waals surface area (Å²) in [6.07, 6.45) is 5.68. The number of benzene rings is 1. The van der Waals surface area contributed by atoms with Gasteiger partial charge in [-0.25, -0.2) is 0 Å². The van der Waals surface area contributed by atoms with Gasteiger partial charge >= 0.3 is 0 Å². The van der Waals surface area contributed by atoms with E-state index < -0.39 is 0 Å². The molecule has 0 unspecified atom stereocenters. The number of nitrogen functional groups attached to an aromatic ring is 1. The molecule has 1 saturated heterocycles. The van der Waals surface area contributed by atoms with E-state index in [9.17, 15) is 4.79 Å². The van der Waals surface area contributed by atoms with Gasteiger partial charge < -0.3 is 16.0 Å². The molecule has 116 valence electrons. The molecule has 1 atom stereocenters. The Morgan fingerprint density at radius 3 is 2.90 bits per heavy atom. The third-order valence-corrected chi connectivity index (χ3v) is 4.21. The van der Waals surface area contributed by atoms with E-state index >= 15 is 0 Å². The minimum absolute atomic E-state index is 0.106. The molecule has 4 nitrogen and oxygen atoms in total. The number of carbonyl (C=O) groups excluding carboxylic acids is 1. The molecule has 1 aliphatic rings. The number of amides is 1. The number of nitrogens with one attached hydrogen (secondary N) is 1. The predicted molar refractivity (Wildman–Crippen MR) is 88.6 cm³/mol. The van der Waals surface area contributed by atoms with Crippen LogP contribution in [0.3, 0.4) is 0 Å². The Hall–Kier alpha value is -1.71. The number of anilines is 2. The maximum absolute atomic E-state index is 12.6. The van der Waals surface area contributed by atoms with E-state index in [-0.39, 0.29) is 5.91 Å². The molecule has 0 aliphatic carbocycles. The van der Waals surface area contributed by atoms with Gasteiger partial charge in [0, 0.05) is 24.7 Å². The van der Waals surface area contributed by atoms with Crippen molar-refractivity contribution in [1.29, 1.82) is 0 Å². The Bertz CT molecular complexity index is 487. The minimum Gasteiger partial charge on any atom is -0.397 e. The fraction of sp³-hybridized carbons (Fsp3) is 0.588. The Morgan fingerprint density at radius 2 is 2.24 bits per heavy atom. The van der Waals surface area contributed by atoms with Gasteiger partial charge in [-0.05, 0) is 50.8 Å². The van der Waals surface area contributed by atoms with Crippen molar-refractivity contribution < 1.29 is 4.79 Å². The van der Waals surface area contributed by atoms with Gasteiger partial charge in [-0.1, -0.05) is 13.3 Å². The first-order chi connectivity index (χ1) is 10.1. The maximum Gasteiger partial charge on any atom is 0.254 e. The second-order valence-electron chi connectivity index (χ2n) is 5.93. The van der Waals surface area contributed by atoms with Crippen LogP contribution in [0.2, 0.25) is 0 Å². The van der Waals surface area contributed by atoms with Gasteiger partial charge in [0.1, 0.15) is 0 Å². The number of likely N-dealkylation sites (tertiary alicyclic amines) is 1. The van der Waals surface area contributed by atoms with Crippen molar-refractivity contribution in [3.05, 3.63) is 23.8 Å². The van der Waals surface area contributed by atoms with Crippen molar-refractivity contribution in [2.45, 2.75) is 52.0 Å². The monoisotopic (exact) mass is 289 g/mol. The molecule has 0 spiro atoms. The van der Waals surface area contributed by atoms with Crippen LogP contribution in [0.25, 0.3) is 0 Å². The van der Waals surface area contributed by atoms with Gasteiger partial charge in [0.05, 0.1) is 11.4 Å². The molecular weight excluding hydrogens is 262 g/mol. The van der Waals surface area contributed by atoms with E-state index in [1.807, 2.05) is 17.0 Å². The highest BCUT2D eigenvalue weighted by Gasteiger charge is 2.24. The van der Waals surface area contributed by atoms with Crippen LogP contribution < -0.4 is 11.1 Å². The van der Waals surface area contributed by atoms with E-state index in [1.165, 1.54) is 6.42 Å². The number of nitrogens with two attached hydrogens (primary N) is 1. The second-order valence-corrected chi connectivity index (χ2v) is 5.93. The highest BCUT2D eigenvalue weighted by atomic mass is 16.2. The molecule has 1 amide bonds. The average Bonchev–Trinajstić information content (AvgIpc) is 2.49. The van der Waals surface area contributed by atoms with Gasteiger partial charge in [-0.3, -0.25) is 4.79 Å². The first kappa shape index (κ1) is 15.7. The summed E-state index contributed by atoms with van der Waals surface area (Å²) in [5.74, 6) is 0.106. The summed E-state index contributed by atoms with van der Waals surface area (Å²) in [7, 11) is 0. The van der Waals surface area contributed by atoms with Crippen LogP contribution in [-0.4, -0.2) is 29.9 Å². The Morgan fingerprint density at radius 1 is 1.43 bits per heavy atom. The summed E-state index contributed by atoms with van der Waals surface area (Å²) in [5, 5.41) is 3.32. The van der Waals surface area contributed by atoms with Crippen LogP contribution in [0, 0.1) is 0 Å². The first-order valence-electron chi connectivity index (χ1n) is 8.08. The fourth-order valence-corrected chi connectivity index (χ4v) is 2.82. The molecule has 0 aromatic heterocycles. The van der Waals surface area contributed by atoms with Crippen LogP contribution in [0.4, 0.5) is 11.4 Å². The van der Waals surface area contributed by atoms with Crippen LogP contribution in [0.1, 0.15) is 56.3 Å². The standard InChI is InChI=1S/C17H27N3O/c1-3-4-10-19-16-9-8-14(12-15(16)18)17(21)20-11-6-5-7-13(20)2/h8-9,12-13,19H,3-7,10-11,18H2,1-2H3/t13-/m1/s1. The molecule has 0 bridgehead atoms. The average molecular weight is 289 g/mol. The Kier molecular flexibility index (Phi) is 5.48. The van der Waals surface area contributed by atoms with Crippen molar-refractivity contribution in [1.82, 2.24) is 4.90 Å². The lowest BCUT2D eigenvalue weighted by Crippen LogP contribution is -2.42. The number of unbranched alkanes of at least 4 members (excludes halogenated alkanes) is 1. The maximum atomic E-state index is 12.6.